The maximum absolute atomic E-state index is 13.5. The molecule has 3 nitrogen and oxygen atoms in total. The van der Waals surface area contributed by atoms with E-state index in [1.165, 1.54) is 6.07 Å². The molecule has 1 aliphatic carbocycles. The second-order valence-corrected chi connectivity index (χ2v) is 4.53. The van der Waals surface area contributed by atoms with Crippen LogP contribution in [-0.4, -0.2) is 13.7 Å². The van der Waals surface area contributed by atoms with Crippen molar-refractivity contribution >= 4 is 5.69 Å². The predicted octanol–water partition coefficient (Wildman–Crippen LogP) is 2.94. The molecule has 17 heavy (non-hydrogen) atoms. The van der Waals surface area contributed by atoms with Crippen molar-refractivity contribution in [2.24, 2.45) is 5.41 Å². The van der Waals surface area contributed by atoms with Gasteiger partial charge in [0.2, 0.25) is 0 Å². The van der Waals surface area contributed by atoms with Crippen molar-refractivity contribution in [3.8, 4) is 11.8 Å². The fourth-order valence-corrected chi connectivity index (χ4v) is 1.81. The zero-order chi connectivity index (χ0) is 12.3. The number of nitrogens with zero attached hydrogens (tertiary/aromatic N) is 1. The van der Waals surface area contributed by atoms with Gasteiger partial charge in [-0.3, -0.25) is 0 Å². The first kappa shape index (κ1) is 11.7. The van der Waals surface area contributed by atoms with Gasteiger partial charge >= 0.3 is 0 Å². The van der Waals surface area contributed by atoms with E-state index in [9.17, 15) is 4.39 Å². The summed E-state index contributed by atoms with van der Waals surface area (Å²) < 4.78 is 18.6. The van der Waals surface area contributed by atoms with E-state index >= 15 is 0 Å². The molecule has 1 N–H and O–H groups in total. The van der Waals surface area contributed by atoms with Gasteiger partial charge in [-0.2, -0.15) is 5.26 Å². The molecule has 0 amide bonds. The summed E-state index contributed by atoms with van der Waals surface area (Å²) in [6.07, 6.45) is 2.61. The average Bonchev–Trinajstić information content (AvgIpc) is 3.09. The highest BCUT2D eigenvalue weighted by molar-refractivity contribution is 5.50. The van der Waals surface area contributed by atoms with Gasteiger partial charge in [-0.1, -0.05) is 0 Å². The number of anilines is 1. The van der Waals surface area contributed by atoms with Crippen molar-refractivity contribution in [3.05, 3.63) is 24.0 Å². The van der Waals surface area contributed by atoms with Crippen molar-refractivity contribution < 1.29 is 9.13 Å². The fourth-order valence-electron chi connectivity index (χ4n) is 1.81. The lowest BCUT2D eigenvalue weighted by Crippen LogP contribution is -2.15. The van der Waals surface area contributed by atoms with Gasteiger partial charge in [0.1, 0.15) is 11.6 Å². The largest absolute Gasteiger partial charge is 0.497 e. The summed E-state index contributed by atoms with van der Waals surface area (Å²) in [6.45, 7) is 0.643. The Hall–Kier alpha value is -1.76. The van der Waals surface area contributed by atoms with Gasteiger partial charge in [0, 0.05) is 24.4 Å². The molecule has 90 valence electrons. The molecule has 0 aromatic heterocycles. The van der Waals surface area contributed by atoms with E-state index in [4.69, 9.17) is 10.00 Å². The van der Waals surface area contributed by atoms with Crippen LogP contribution in [0.15, 0.2) is 18.2 Å². The Morgan fingerprint density at radius 2 is 2.29 bits per heavy atom. The molecule has 1 aromatic rings. The first-order valence-corrected chi connectivity index (χ1v) is 5.63. The van der Waals surface area contributed by atoms with Crippen LogP contribution in [0.5, 0.6) is 5.75 Å². The number of hydrogen-bond donors (Lipinski definition) is 1. The highest BCUT2D eigenvalue weighted by atomic mass is 19.1. The predicted molar refractivity (Wildman–Crippen MR) is 63.3 cm³/mol. The molecule has 0 heterocycles. The molecular weight excluding hydrogens is 219 g/mol. The number of rotatable bonds is 5. The quantitative estimate of drug-likeness (QED) is 0.851. The van der Waals surface area contributed by atoms with Crippen LogP contribution in [0.25, 0.3) is 0 Å². The molecule has 0 unspecified atom stereocenters. The first-order valence-electron chi connectivity index (χ1n) is 5.63. The third-order valence-electron chi connectivity index (χ3n) is 3.24. The van der Waals surface area contributed by atoms with Crippen LogP contribution in [0, 0.1) is 22.6 Å². The minimum absolute atomic E-state index is 0.0598. The van der Waals surface area contributed by atoms with Gasteiger partial charge in [0.25, 0.3) is 0 Å². The first-order chi connectivity index (χ1) is 8.19. The number of ether oxygens (including phenoxy) is 1. The number of nitriles is 1. The molecule has 0 atom stereocenters. The van der Waals surface area contributed by atoms with E-state index in [1.54, 1.807) is 19.2 Å². The maximum Gasteiger partial charge on any atom is 0.146 e. The molecule has 4 heteroatoms. The smallest absolute Gasteiger partial charge is 0.146 e. The molecule has 0 bridgehead atoms. The average molecular weight is 234 g/mol. The molecule has 0 saturated heterocycles. The Morgan fingerprint density at radius 3 is 2.88 bits per heavy atom. The molecule has 1 aromatic carbocycles. The topological polar surface area (TPSA) is 45.0 Å². The lowest BCUT2D eigenvalue weighted by atomic mass is 10.0. The van der Waals surface area contributed by atoms with Gasteiger partial charge < -0.3 is 10.1 Å². The highest BCUT2D eigenvalue weighted by Gasteiger charge is 2.42. The molecular formula is C13H15FN2O. The van der Waals surface area contributed by atoms with Crippen LogP contribution in [0.4, 0.5) is 10.1 Å². The summed E-state index contributed by atoms with van der Waals surface area (Å²) >= 11 is 0. The van der Waals surface area contributed by atoms with Crippen LogP contribution in [0.2, 0.25) is 0 Å². The Labute approximate surface area is 100 Å². The van der Waals surface area contributed by atoms with Crippen LogP contribution in [0.1, 0.15) is 19.3 Å². The molecule has 1 fully saturated rings. The number of methoxy groups -OCH3 is 1. The fraction of sp³-hybridized carbons (Fsp3) is 0.462. The van der Waals surface area contributed by atoms with Gasteiger partial charge in [0.15, 0.2) is 0 Å². The summed E-state index contributed by atoms with van der Waals surface area (Å²) in [4.78, 5) is 0. The standard InChI is InChI=1S/C13H15FN2O/c1-17-10-2-3-11(14)12(8-10)16-9-13(4-5-13)6-7-15/h2-3,8,16H,4-6,9H2,1H3. The van der Waals surface area contributed by atoms with Crippen molar-refractivity contribution in [1.29, 1.82) is 5.26 Å². The summed E-state index contributed by atoms with van der Waals surface area (Å²) in [6, 6.07) is 6.79. The molecule has 0 radical (unpaired) electrons. The molecule has 0 aliphatic heterocycles. The Morgan fingerprint density at radius 1 is 1.53 bits per heavy atom. The lowest BCUT2D eigenvalue weighted by molar-refractivity contribution is 0.414. The summed E-state index contributed by atoms with van der Waals surface area (Å²) in [5, 5.41) is 11.8. The van der Waals surface area contributed by atoms with E-state index in [-0.39, 0.29) is 11.2 Å². The monoisotopic (exact) mass is 234 g/mol. The van der Waals surface area contributed by atoms with Crippen LogP contribution in [0.3, 0.4) is 0 Å². The van der Waals surface area contributed by atoms with E-state index < -0.39 is 0 Å². The Balaban J connectivity index is 2.01. The van der Waals surface area contributed by atoms with Crippen LogP contribution >= 0.6 is 0 Å². The number of benzene rings is 1. The van der Waals surface area contributed by atoms with Crippen molar-refractivity contribution in [2.45, 2.75) is 19.3 Å². The molecule has 0 spiro atoms. The number of nitrogens with one attached hydrogen (secondary N) is 1. The molecule has 2 rings (SSSR count). The zero-order valence-electron chi connectivity index (χ0n) is 9.79. The van der Waals surface area contributed by atoms with Gasteiger partial charge in [-0.25, -0.2) is 4.39 Å². The second-order valence-electron chi connectivity index (χ2n) is 4.53. The zero-order valence-corrected chi connectivity index (χ0v) is 9.79. The summed E-state index contributed by atoms with van der Waals surface area (Å²) in [5.74, 6) is 0.331. The molecule has 1 saturated carbocycles. The summed E-state index contributed by atoms with van der Waals surface area (Å²) in [5.41, 5.74) is 0.498. The maximum atomic E-state index is 13.5. The Bertz CT molecular complexity index is 449. The van der Waals surface area contributed by atoms with E-state index in [0.29, 0.717) is 24.4 Å². The number of halogens is 1. The highest BCUT2D eigenvalue weighted by Crippen LogP contribution is 2.48. The van der Waals surface area contributed by atoms with Crippen LogP contribution < -0.4 is 10.1 Å². The van der Waals surface area contributed by atoms with E-state index in [2.05, 4.69) is 11.4 Å². The third-order valence-corrected chi connectivity index (χ3v) is 3.24. The Kier molecular flexibility index (Phi) is 3.19. The third kappa shape index (κ3) is 2.68. The van der Waals surface area contributed by atoms with E-state index in [0.717, 1.165) is 12.8 Å². The van der Waals surface area contributed by atoms with Crippen molar-refractivity contribution in [3.63, 3.8) is 0 Å². The van der Waals surface area contributed by atoms with Crippen molar-refractivity contribution in [1.82, 2.24) is 0 Å². The van der Waals surface area contributed by atoms with Crippen LogP contribution in [-0.2, 0) is 0 Å². The van der Waals surface area contributed by atoms with Gasteiger partial charge in [-0.05, 0) is 25.0 Å². The minimum Gasteiger partial charge on any atom is -0.497 e. The molecule has 1 aliphatic rings. The number of hydrogen-bond acceptors (Lipinski definition) is 3. The SMILES string of the molecule is COc1ccc(F)c(NCC2(CC#N)CC2)c1. The van der Waals surface area contributed by atoms with Crippen molar-refractivity contribution in [2.75, 3.05) is 19.0 Å². The minimum atomic E-state index is -0.293. The van der Waals surface area contributed by atoms with Gasteiger partial charge in [0.05, 0.1) is 18.9 Å². The lowest BCUT2D eigenvalue weighted by Gasteiger charge is -2.14. The van der Waals surface area contributed by atoms with E-state index in [1.807, 2.05) is 0 Å². The second kappa shape index (κ2) is 4.62. The normalized spacial score (nSPS) is 16.1. The van der Waals surface area contributed by atoms with Gasteiger partial charge in [-0.15, -0.1) is 0 Å². The summed E-state index contributed by atoms with van der Waals surface area (Å²) in [7, 11) is 1.55.